The molecule has 0 saturated carbocycles. The van der Waals surface area contributed by atoms with Crippen molar-refractivity contribution in [1.82, 2.24) is 19.6 Å². The number of hydrogen-bond donors (Lipinski definition) is 2. The van der Waals surface area contributed by atoms with Crippen molar-refractivity contribution in [1.29, 1.82) is 0 Å². The van der Waals surface area contributed by atoms with E-state index in [1.807, 2.05) is 68.4 Å². The Balaban J connectivity index is 1.62. The van der Waals surface area contributed by atoms with E-state index in [9.17, 15) is 4.79 Å². The predicted octanol–water partition coefficient (Wildman–Crippen LogP) is 3.88. The maximum atomic E-state index is 13.0. The highest BCUT2D eigenvalue weighted by atomic mass is 16.2. The van der Waals surface area contributed by atoms with Gasteiger partial charge in [-0.3, -0.25) is 9.20 Å². The molecule has 142 valence electrons. The van der Waals surface area contributed by atoms with Gasteiger partial charge < -0.3 is 11.1 Å². The molecule has 5 aromatic rings. The van der Waals surface area contributed by atoms with Gasteiger partial charge in [0.05, 0.1) is 11.0 Å². The molecule has 0 unspecified atom stereocenters. The molecule has 7 nitrogen and oxygen atoms in total. The number of anilines is 2. The van der Waals surface area contributed by atoms with Gasteiger partial charge in [-0.25, -0.2) is 4.98 Å². The summed E-state index contributed by atoms with van der Waals surface area (Å²) in [6.07, 6.45) is 0. The van der Waals surface area contributed by atoms with Gasteiger partial charge in [0.1, 0.15) is 5.82 Å². The monoisotopic (exact) mass is 382 g/mol. The van der Waals surface area contributed by atoms with Gasteiger partial charge in [0.25, 0.3) is 11.7 Å². The Morgan fingerprint density at radius 3 is 2.62 bits per heavy atom. The first-order valence-electron chi connectivity index (χ1n) is 9.23. The fraction of sp³-hybridized carbons (Fsp3) is 0.0909. The lowest BCUT2D eigenvalue weighted by Crippen LogP contribution is -2.19. The van der Waals surface area contributed by atoms with Gasteiger partial charge in [-0.1, -0.05) is 36.4 Å². The average molecular weight is 382 g/mol. The first-order chi connectivity index (χ1) is 14.0. The Bertz CT molecular complexity index is 1430. The largest absolute Gasteiger partial charge is 0.383 e. The van der Waals surface area contributed by atoms with E-state index in [-0.39, 0.29) is 11.5 Å². The Morgan fingerprint density at radius 1 is 1.00 bits per heavy atom. The second kappa shape index (κ2) is 6.27. The number of imidazole rings is 1. The maximum absolute atomic E-state index is 13.0. The van der Waals surface area contributed by atoms with Gasteiger partial charge in [0, 0.05) is 11.1 Å². The number of nitrogens with zero attached hydrogens (tertiary/aromatic N) is 4. The van der Waals surface area contributed by atoms with Crippen molar-refractivity contribution in [3.05, 3.63) is 71.4 Å². The zero-order chi connectivity index (χ0) is 20.1. The minimum absolute atomic E-state index is 0.0583. The van der Waals surface area contributed by atoms with Crippen LogP contribution in [-0.4, -0.2) is 25.5 Å². The van der Waals surface area contributed by atoms with Crippen molar-refractivity contribution in [2.24, 2.45) is 0 Å². The first kappa shape index (κ1) is 17.1. The van der Waals surface area contributed by atoms with Crippen LogP contribution in [0.1, 0.15) is 21.6 Å². The number of carbonyl (C=O) groups excluding carboxylic acids is 1. The molecule has 0 spiro atoms. The molecular formula is C22H18N6O. The second-order valence-electron chi connectivity index (χ2n) is 7.09. The summed E-state index contributed by atoms with van der Waals surface area (Å²) in [5.74, 6) is 0.154. The van der Waals surface area contributed by atoms with Gasteiger partial charge in [0.2, 0.25) is 0 Å². The van der Waals surface area contributed by atoms with Crippen LogP contribution in [0.2, 0.25) is 0 Å². The van der Waals surface area contributed by atoms with Crippen LogP contribution in [0.5, 0.6) is 0 Å². The third-order valence-electron chi connectivity index (χ3n) is 5.23. The molecule has 0 aliphatic heterocycles. The molecule has 3 N–H and O–H groups in total. The van der Waals surface area contributed by atoms with Crippen molar-refractivity contribution >= 4 is 45.0 Å². The number of fused-ring (bicyclic) bond motifs is 4. The van der Waals surface area contributed by atoms with Gasteiger partial charge in [0.15, 0.2) is 5.69 Å². The molecule has 0 atom stereocenters. The number of carbonyl (C=O) groups is 1. The minimum atomic E-state index is -0.418. The van der Waals surface area contributed by atoms with Crippen molar-refractivity contribution in [3.63, 3.8) is 0 Å². The van der Waals surface area contributed by atoms with Crippen LogP contribution in [0.15, 0.2) is 54.6 Å². The van der Waals surface area contributed by atoms with E-state index in [1.54, 1.807) is 4.40 Å². The molecule has 2 aromatic heterocycles. The molecule has 29 heavy (non-hydrogen) atoms. The number of benzene rings is 3. The Kier molecular flexibility index (Phi) is 3.70. The SMILES string of the molecule is Cc1cc2nc3nnc(C(=O)Nc4cccc5ccccc45)c(N)n3c2cc1C. The Hall–Kier alpha value is -4.00. The summed E-state index contributed by atoms with van der Waals surface area (Å²) in [4.78, 5) is 17.5. The fourth-order valence-electron chi connectivity index (χ4n) is 3.55. The number of rotatable bonds is 2. The van der Waals surface area contributed by atoms with E-state index in [2.05, 4.69) is 20.5 Å². The second-order valence-corrected chi connectivity index (χ2v) is 7.09. The summed E-state index contributed by atoms with van der Waals surface area (Å²) >= 11 is 0. The first-order valence-corrected chi connectivity index (χ1v) is 9.23. The molecule has 0 radical (unpaired) electrons. The number of amides is 1. The molecular weight excluding hydrogens is 364 g/mol. The molecule has 0 bridgehead atoms. The molecule has 7 heteroatoms. The number of aryl methyl sites for hydroxylation is 2. The van der Waals surface area contributed by atoms with Gasteiger partial charge in [-0.2, -0.15) is 0 Å². The molecule has 0 saturated heterocycles. The van der Waals surface area contributed by atoms with E-state index in [4.69, 9.17) is 5.73 Å². The number of aromatic nitrogens is 4. The van der Waals surface area contributed by atoms with Crippen LogP contribution in [0.3, 0.4) is 0 Å². The van der Waals surface area contributed by atoms with Gasteiger partial charge in [-0.15, -0.1) is 10.2 Å². The number of nitrogen functional groups attached to an aromatic ring is 1. The highest BCUT2D eigenvalue weighted by molar-refractivity contribution is 6.10. The molecule has 2 heterocycles. The number of nitrogens with one attached hydrogen (secondary N) is 1. The number of hydrogen-bond acceptors (Lipinski definition) is 5. The van der Waals surface area contributed by atoms with E-state index >= 15 is 0 Å². The van der Waals surface area contributed by atoms with Crippen molar-refractivity contribution in [3.8, 4) is 0 Å². The third kappa shape index (κ3) is 2.67. The zero-order valence-corrected chi connectivity index (χ0v) is 16.0. The standard InChI is InChI=1S/C22H18N6O/c1-12-10-17-18(11-13(12)2)28-20(23)19(26-27-22(28)25-17)21(29)24-16-9-5-7-14-6-3-4-8-15(14)16/h3-11H,23H2,1-2H3,(H,24,29). The average Bonchev–Trinajstić information content (AvgIpc) is 3.07. The van der Waals surface area contributed by atoms with Gasteiger partial charge in [-0.05, 0) is 48.6 Å². The summed E-state index contributed by atoms with van der Waals surface area (Å²) in [6.45, 7) is 4.05. The van der Waals surface area contributed by atoms with E-state index < -0.39 is 5.91 Å². The number of nitrogens with two attached hydrogens (primary N) is 1. The van der Waals surface area contributed by atoms with Gasteiger partial charge >= 0.3 is 0 Å². The van der Waals surface area contributed by atoms with Crippen LogP contribution in [-0.2, 0) is 0 Å². The highest BCUT2D eigenvalue weighted by Gasteiger charge is 2.19. The lowest BCUT2D eigenvalue weighted by Gasteiger charge is -2.10. The summed E-state index contributed by atoms with van der Waals surface area (Å²) in [5, 5.41) is 13.1. The summed E-state index contributed by atoms with van der Waals surface area (Å²) in [7, 11) is 0. The smallest absolute Gasteiger partial charge is 0.280 e. The van der Waals surface area contributed by atoms with E-state index in [0.717, 1.165) is 32.9 Å². The van der Waals surface area contributed by atoms with E-state index in [0.29, 0.717) is 11.5 Å². The molecule has 0 fully saturated rings. The van der Waals surface area contributed by atoms with Crippen LogP contribution >= 0.6 is 0 Å². The predicted molar refractivity (Wildman–Crippen MR) is 114 cm³/mol. The van der Waals surface area contributed by atoms with Crippen LogP contribution in [0, 0.1) is 13.8 Å². The lowest BCUT2D eigenvalue weighted by atomic mass is 10.1. The van der Waals surface area contributed by atoms with Crippen LogP contribution < -0.4 is 11.1 Å². The zero-order valence-electron chi connectivity index (χ0n) is 16.0. The highest BCUT2D eigenvalue weighted by Crippen LogP contribution is 2.26. The molecule has 3 aromatic carbocycles. The van der Waals surface area contributed by atoms with Crippen molar-refractivity contribution in [2.75, 3.05) is 11.1 Å². The quantitative estimate of drug-likeness (QED) is 0.483. The third-order valence-corrected chi connectivity index (χ3v) is 5.23. The Labute approximate surface area is 166 Å². The summed E-state index contributed by atoms with van der Waals surface area (Å²) < 4.78 is 1.67. The topological polar surface area (TPSA) is 98.2 Å². The van der Waals surface area contributed by atoms with Crippen LogP contribution in [0.4, 0.5) is 11.5 Å². The molecule has 5 rings (SSSR count). The lowest BCUT2D eigenvalue weighted by molar-refractivity contribution is 0.102. The Morgan fingerprint density at radius 2 is 1.76 bits per heavy atom. The molecule has 0 aliphatic rings. The minimum Gasteiger partial charge on any atom is -0.383 e. The van der Waals surface area contributed by atoms with Crippen LogP contribution in [0.25, 0.3) is 27.6 Å². The molecule has 0 aliphatic carbocycles. The normalized spacial score (nSPS) is 11.4. The summed E-state index contributed by atoms with van der Waals surface area (Å²) in [5.41, 5.74) is 10.9. The maximum Gasteiger partial charge on any atom is 0.280 e. The van der Waals surface area contributed by atoms with Crippen molar-refractivity contribution < 1.29 is 4.79 Å². The fourth-order valence-corrected chi connectivity index (χ4v) is 3.55. The summed E-state index contributed by atoms with van der Waals surface area (Å²) in [6, 6.07) is 17.5. The molecule has 1 amide bonds. The van der Waals surface area contributed by atoms with E-state index in [1.165, 1.54) is 0 Å². The van der Waals surface area contributed by atoms with Crippen molar-refractivity contribution in [2.45, 2.75) is 13.8 Å².